The van der Waals surface area contributed by atoms with Crippen molar-refractivity contribution in [2.45, 2.75) is 26.3 Å². The van der Waals surface area contributed by atoms with Gasteiger partial charge in [-0.15, -0.1) is 0 Å². The van der Waals surface area contributed by atoms with E-state index in [2.05, 4.69) is 25.4 Å². The summed E-state index contributed by atoms with van der Waals surface area (Å²) < 4.78 is 0. The van der Waals surface area contributed by atoms with Gasteiger partial charge in [0, 0.05) is 6.04 Å². The molecule has 2 aliphatic rings. The van der Waals surface area contributed by atoms with Crippen molar-refractivity contribution < 1.29 is 0 Å². The third-order valence-electron chi connectivity index (χ3n) is 3.89. The molecular weight excluding hydrogens is 178 g/mol. The van der Waals surface area contributed by atoms with E-state index in [0.717, 1.165) is 29.7 Å². The third kappa shape index (κ3) is 1.63. The molecule has 1 nitrogen and oxygen atoms in total. The van der Waals surface area contributed by atoms with E-state index in [1.54, 1.807) is 0 Å². The minimum atomic E-state index is 0.849. The van der Waals surface area contributed by atoms with Crippen LogP contribution in [0.1, 0.15) is 20.3 Å². The summed E-state index contributed by atoms with van der Waals surface area (Å²) in [6.07, 6.45) is 3.70. The smallest absolute Gasteiger partial charge is 0.0104 e. The van der Waals surface area contributed by atoms with Gasteiger partial charge < -0.3 is 5.32 Å². The molecule has 2 fully saturated rings. The van der Waals surface area contributed by atoms with Crippen molar-refractivity contribution in [3.05, 3.63) is 0 Å². The number of fused-ring (bicyclic) bond motifs is 2. The van der Waals surface area contributed by atoms with E-state index >= 15 is 0 Å². The minimum absolute atomic E-state index is 0.849. The van der Waals surface area contributed by atoms with Crippen LogP contribution >= 0.6 is 11.8 Å². The molecule has 0 aromatic heterocycles. The van der Waals surface area contributed by atoms with E-state index in [0.29, 0.717) is 0 Å². The average Bonchev–Trinajstić information content (AvgIpc) is 2.63. The summed E-state index contributed by atoms with van der Waals surface area (Å²) in [4.78, 5) is 0. The maximum atomic E-state index is 3.67. The SMILES string of the molecule is CSCC1C2CNC(C2)C1C(C)C. The topological polar surface area (TPSA) is 12.0 Å². The zero-order valence-electron chi connectivity index (χ0n) is 8.92. The summed E-state index contributed by atoms with van der Waals surface area (Å²) in [5.41, 5.74) is 0. The maximum Gasteiger partial charge on any atom is 0.0104 e. The van der Waals surface area contributed by atoms with E-state index in [1.165, 1.54) is 18.7 Å². The van der Waals surface area contributed by atoms with E-state index in [-0.39, 0.29) is 0 Å². The Morgan fingerprint density at radius 3 is 2.85 bits per heavy atom. The molecule has 2 rings (SSSR count). The zero-order valence-corrected chi connectivity index (χ0v) is 9.73. The van der Waals surface area contributed by atoms with Crippen LogP contribution in [0.15, 0.2) is 0 Å². The molecule has 1 saturated carbocycles. The van der Waals surface area contributed by atoms with Gasteiger partial charge in [0.05, 0.1) is 0 Å². The van der Waals surface area contributed by atoms with Crippen LogP contribution < -0.4 is 5.32 Å². The van der Waals surface area contributed by atoms with E-state index < -0.39 is 0 Å². The van der Waals surface area contributed by atoms with Crippen molar-refractivity contribution in [1.29, 1.82) is 0 Å². The van der Waals surface area contributed by atoms with E-state index in [4.69, 9.17) is 0 Å². The zero-order chi connectivity index (χ0) is 9.42. The second-order valence-electron chi connectivity index (χ2n) is 4.95. The van der Waals surface area contributed by atoms with Gasteiger partial charge in [0.15, 0.2) is 0 Å². The van der Waals surface area contributed by atoms with Crippen LogP contribution in [0, 0.1) is 23.7 Å². The first-order valence-electron chi connectivity index (χ1n) is 5.46. The predicted octanol–water partition coefficient (Wildman–Crippen LogP) is 2.23. The fourth-order valence-corrected chi connectivity index (χ4v) is 4.31. The normalized spacial score (nSPS) is 43.4. The van der Waals surface area contributed by atoms with Crippen LogP contribution in [-0.4, -0.2) is 24.6 Å². The van der Waals surface area contributed by atoms with Crippen LogP contribution in [0.25, 0.3) is 0 Å². The Hall–Kier alpha value is 0.310. The average molecular weight is 199 g/mol. The molecule has 13 heavy (non-hydrogen) atoms. The lowest BCUT2D eigenvalue weighted by atomic mass is 9.80. The first-order valence-corrected chi connectivity index (χ1v) is 6.85. The summed E-state index contributed by atoms with van der Waals surface area (Å²) in [6, 6.07) is 0.849. The largest absolute Gasteiger partial charge is 0.313 e. The molecule has 2 bridgehead atoms. The molecule has 0 radical (unpaired) electrons. The van der Waals surface area contributed by atoms with Crippen molar-refractivity contribution in [1.82, 2.24) is 5.32 Å². The van der Waals surface area contributed by atoms with Gasteiger partial charge in [-0.05, 0) is 48.6 Å². The van der Waals surface area contributed by atoms with Gasteiger partial charge in [0.2, 0.25) is 0 Å². The molecule has 1 aliphatic heterocycles. The second kappa shape index (κ2) is 3.82. The first-order chi connectivity index (χ1) is 6.24. The van der Waals surface area contributed by atoms with Gasteiger partial charge in [-0.25, -0.2) is 0 Å². The molecule has 1 saturated heterocycles. The lowest BCUT2D eigenvalue weighted by Gasteiger charge is -2.34. The molecule has 1 aliphatic carbocycles. The fourth-order valence-electron chi connectivity index (χ4n) is 3.43. The highest BCUT2D eigenvalue weighted by Gasteiger charge is 2.47. The Balaban J connectivity index is 2.06. The molecule has 0 amide bonds. The van der Waals surface area contributed by atoms with Crippen LogP contribution in [0.4, 0.5) is 0 Å². The van der Waals surface area contributed by atoms with Crippen molar-refractivity contribution in [2.75, 3.05) is 18.6 Å². The molecule has 76 valence electrons. The van der Waals surface area contributed by atoms with Crippen molar-refractivity contribution in [2.24, 2.45) is 23.7 Å². The van der Waals surface area contributed by atoms with Gasteiger partial charge in [-0.3, -0.25) is 0 Å². The molecule has 1 N–H and O–H groups in total. The molecule has 0 aromatic carbocycles. The highest BCUT2D eigenvalue weighted by Crippen LogP contribution is 2.45. The third-order valence-corrected chi connectivity index (χ3v) is 4.61. The van der Waals surface area contributed by atoms with Gasteiger partial charge in [-0.2, -0.15) is 11.8 Å². The number of rotatable bonds is 3. The van der Waals surface area contributed by atoms with E-state index in [1.807, 2.05) is 11.8 Å². The lowest BCUT2D eigenvalue weighted by molar-refractivity contribution is 0.208. The molecule has 0 aromatic rings. The predicted molar refractivity (Wildman–Crippen MR) is 60.1 cm³/mol. The standard InChI is InChI=1S/C11H21NS/c1-7(2)11-9(6-13-3)8-4-10(11)12-5-8/h7-12H,4-6H2,1-3H3. The Kier molecular flexibility index (Phi) is 2.89. The van der Waals surface area contributed by atoms with Crippen molar-refractivity contribution in [3.63, 3.8) is 0 Å². The summed E-state index contributed by atoms with van der Waals surface area (Å²) >= 11 is 2.03. The van der Waals surface area contributed by atoms with Crippen LogP contribution in [0.5, 0.6) is 0 Å². The highest BCUT2D eigenvalue weighted by molar-refractivity contribution is 7.98. The monoisotopic (exact) mass is 199 g/mol. The highest BCUT2D eigenvalue weighted by atomic mass is 32.2. The molecule has 4 atom stereocenters. The summed E-state index contributed by atoms with van der Waals surface area (Å²) in [6.45, 7) is 6.07. The van der Waals surface area contributed by atoms with Crippen LogP contribution in [0.3, 0.4) is 0 Å². The lowest BCUT2D eigenvalue weighted by Crippen LogP contribution is -2.41. The van der Waals surface area contributed by atoms with Gasteiger partial charge in [-0.1, -0.05) is 13.8 Å². The second-order valence-corrected chi connectivity index (χ2v) is 5.86. The number of hydrogen-bond donors (Lipinski definition) is 1. The van der Waals surface area contributed by atoms with Crippen molar-refractivity contribution in [3.8, 4) is 0 Å². The first kappa shape index (κ1) is 9.85. The van der Waals surface area contributed by atoms with Gasteiger partial charge >= 0.3 is 0 Å². The molecule has 2 heteroatoms. The molecular formula is C11H21NS. The molecule has 0 spiro atoms. The molecule has 4 unspecified atom stereocenters. The summed E-state index contributed by atoms with van der Waals surface area (Å²) in [5.74, 6) is 5.18. The number of hydrogen-bond acceptors (Lipinski definition) is 2. The van der Waals surface area contributed by atoms with Crippen LogP contribution in [-0.2, 0) is 0 Å². The Morgan fingerprint density at radius 2 is 2.23 bits per heavy atom. The Morgan fingerprint density at radius 1 is 1.46 bits per heavy atom. The summed E-state index contributed by atoms with van der Waals surface area (Å²) in [5, 5.41) is 3.67. The Bertz CT molecular complexity index is 181. The quantitative estimate of drug-likeness (QED) is 0.748. The number of nitrogens with one attached hydrogen (secondary N) is 1. The number of piperidine rings is 1. The van der Waals surface area contributed by atoms with Crippen molar-refractivity contribution >= 4 is 11.8 Å². The Labute approximate surface area is 86.0 Å². The minimum Gasteiger partial charge on any atom is -0.313 e. The summed E-state index contributed by atoms with van der Waals surface area (Å²) in [7, 11) is 0. The van der Waals surface area contributed by atoms with E-state index in [9.17, 15) is 0 Å². The van der Waals surface area contributed by atoms with Crippen LogP contribution in [0.2, 0.25) is 0 Å². The maximum absolute atomic E-state index is 3.67. The van der Waals surface area contributed by atoms with Gasteiger partial charge in [0.25, 0.3) is 0 Å². The number of thioether (sulfide) groups is 1. The van der Waals surface area contributed by atoms with Gasteiger partial charge in [0.1, 0.15) is 0 Å². The fraction of sp³-hybridized carbons (Fsp3) is 1.00. The molecule has 1 heterocycles.